The molecular weight excluding hydrogens is 258 g/mol. The predicted molar refractivity (Wildman–Crippen MR) is 84.3 cm³/mol. The van der Waals surface area contributed by atoms with Crippen LogP contribution >= 0.6 is 0 Å². The molecule has 0 aliphatic carbocycles. The summed E-state index contributed by atoms with van der Waals surface area (Å²) in [5.41, 5.74) is 5.54. The van der Waals surface area contributed by atoms with Gasteiger partial charge in [0.15, 0.2) is 0 Å². The zero-order valence-corrected chi connectivity index (χ0v) is 11.3. The molecule has 0 radical (unpaired) electrons. The minimum Gasteiger partial charge on any atom is -0.299 e. The molecule has 21 heavy (non-hydrogen) atoms. The summed E-state index contributed by atoms with van der Waals surface area (Å²) < 4.78 is 2.10. The second-order valence-corrected chi connectivity index (χ2v) is 4.89. The standard InChI is InChI=1S/C18H13N3/c1-2-4-16(5-3-1)21-13-20-17-12-15(6-7-18(17)21)14-8-10-19-11-9-14/h1-13H. The van der Waals surface area contributed by atoms with E-state index in [2.05, 4.69) is 44.9 Å². The van der Waals surface area contributed by atoms with E-state index in [1.165, 1.54) is 0 Å². The molecule has 0 atom stereocenters. The highest BCUT2D eigenvalue weighted by Crippen LogP contribution is 2.24. The molecule has 0 N–H and O–H groups in total. The van der Waals surface area contributed by atoms with Crippen molar-refractivity contribution in [3.05, 3.63) is 79.4 Å². The molecule has 0 unspecified atom stereocenters. The Morgan fingerprint density at radius 1 is 0.762 bits per heavy atom. The number of pyridine rings is 1. The van der Waals surface area contributed by atoms with E-state index in [0.29, 0.717) is 0 Å². The number of aromatic nitrogens is 3. The van der Waals surface area contributed by atoms with Crippen LogP contribution in [0.2, 0.25) is 0 Å². The van der Waals surface area contributed by atoms with Gasteiger partial charge in [0.2, 0.25) is 0 Å². The fourth-order valence-corrected chi connectivity index (χ4v) is 2.53. The Balaban J connectivity index is 1.85. The average Bonchev–Trinajstić information content (AvgIpc) is 2.99. The van der Waals surface area contributed by atoms with Crippen molar-refractivity contribution >= 4 is 11.0 Å². The third kappa shape index (κ3) is 2.09. The van der Waals surface area contributed by atoms with E-state index in [1.54, 1.807) is 0 Å². The second kappa shape index (κ2) is 4.87. The van der Waals surface area contributed by atoms with E-state index in [9.17, 15) is 0 Å². The molecule has 3 heteroatoms. The van der Waals surface area contributed by atoms with Crippen molar-refractivity contribution in [3.8, 4) is 16.8 Å². The van der Waals surface area contributed by atoms with E-state index in [0.717, 1.165) is 27.8 Å². The first kappa shape index (κ1) is 11.9. The van der Waals surface area contributed by atoms with Gasteiger partial charge in [-0.1, -0.05) is 24.3 Å². The van der Waals surface area contributed by atoms with Gasteiger partial charge in [0.05, 0.1) is 11.0 Å². The Morgan fingerprint density at radius 2 is 1.57 bits per heavy atom. The number of hydrogen-bond acceptors (Lipinski definition) is 2. The number of benzene rings is 2. The number of para-hydroxylation sites is 1. The van der Waals surface area contributed by atoms with Crippen molar-refractivity contribution in [1.29, 1.82) is 0 Å². The van der Waals surface area contributed by atoms with E-state index in [1.807, 2.05) is 49.1 Å². The van der Waals surface area contributed by atoms with E-state index >= 15 is 0 Å². The van der Waals surface area contributed by atoms with Gasteiger partial charge in [-0.3, -0.25) is 9.55 Å². The first-order valence-electron chi connectivity index (χ1n) is 6.85. The zero-order chi connectivity index (χ0) is 14.1. The number of hydrogen-bond donors (Lipinski definition) is 0. The SMILES string of the molecule is c1ccc(-n2cnc3cc(-c4ccncc4)ccc32)cc1. The molecule has 4 aromatic rings. The molecule has 0 saturated carbocycles. The lowest BCUT2D eigenvalue weighted by Gasteiger charge is -2.05. The molecule has 2 aromatic carbocycles. The maximum Gasteiger partial charge on any atom is 0.100 e. The predicted octanol–water partition coefficient (Wildman–Crippen LogP) is 4.09. The quantitative estimate of drug-likeness (QED) is 0.550. The van der Waals surface area contributed by atoms with E-state index in [-0.39, 0.29) is 0 Å². The van der Waals surface area contributed by atoms with Crippen LogP contribution in [-0.2, 0) is 0 Å². The minimum absolute atomic E-state index is 0.994. The van der Waals surface area contributed by atoms with Crippen LogP contribution in [0.1, 0.15) is 0 Å². The second-order valence-electron chi connectivity index (χ2n) is 4.89. The molecule has 0 aliphatic heterocycles. The highest BCUT2D eigenvalue weighted by molar-refractivity contribution is 5.83. The topological polar surface area (TPSA) is 30.7 Å². The molecule has 0 saturated heterocycles. The van der Waals surface area contributed by atoms with Crippen LogP contribution in [0.3, 0.4) is 0 Å². The van der Waals surface area contributed by atoms with Crippen LogP contribution in [0.15, 0.2) is 79.4 Å². The summed E-state index contributed by atoms with van der Waals surface area (Å²) >= 11 is 0. The van der Waals surface area contributed by atoms with E-state index < -0.39 is 0 Å². The van der Waals surface area contributed by atoms with Crippen LogP contribution in [0.5, 0.6) is 0 Å². The Bertz CT molecular complexity index is 880. The molecule has 100 valence electrons. The van der Waals surface area contributed by atoms with Gasteiger partial charge in [-0.2, -0.15) is 0 Å². The molecule has 2 aromatic heterocycles. The molecule has 4 rings (SSSR count). The third-order valence-electron chi connectivity index (χ3n) is 3.60. The van der Waals surface area contributed by atoms with Crippen molar-refractivity contribution in [2.24, 2.45) is 0 Å². The normalized spacial score (nSPS) is 10.9. The van der Waals surface area contributed by atoms with Gasteiger partial charge < -0.3 is 0 Å². The minimum atomic E-state index is 0.994. The molecule has 0 aliphatic rings. The Morgan fingerprint density at radius 3 is 2.38 bits per heavy atom. The fraction of sp³-hybridized carbons (Fsp3) is 0. The van der Waals surface area contributed by atoms with Gasteiger partial charge in [0, 0.05) is 18.1 Å². The molecular formula is C18H13N3. The lowest BCUT2D eigenvalue weighted by Crippen LogP contribution is -1.90. The van der Waals surface area contributed by atoms with Gasteiger partial charge in [-0.15, -0.1) is 0 Å². The van der Waals surface area contributed by atoms with Crippen LogP contribution < -0.4 is 0 Å². The van der Waals surface area contributed by atoms with Crippen LogP contribution in [0.25, 0.3) is 27.8 Å². The van der Waals surface area contributed by atoms with Gasteiger partial charge in [0.1, 0.15) is 6.33 Å². The summed E-state index contributed by atoms with van der Waals surface area (Å²) in [5.74, 6) is 0. The summed E-state index contributed by atoms with van der Waals surface area (Å²) in [4.78, 5) is 8.59. The van der Waals surface area contributed by atoms with Crippen molar-refractivity contribution in [2.45, 2.75) is 0 Å². The smallest absolute Gasteiger partial charge is 0.100 e. The molecule has 0 spiro atoms. The molecule has 0 amide bonds. The Hall–Kier alpha value is -2.94. The Labute approximate surface area is 122 Å². The third-order valence-corrected chi connectivity index (χ3v) is 3.60. The maximum atomic E-state index is 4.53. The highest BCUT2D eigenvalue weighted by Gasteiger charge is 2.06. The lowest BCUT2D eigenvalue weighted by atomic mass is 10.1. The van der Waals surface area contributed by atoms with Gasteiger partial charge in [-0.25, -0.2) is 4.98 Å². The largest absolute Gasteiger partial charge is 0.299 e. The van der Waals surface area contributed by atoms with Crippen LogP contribution in [-0.4, -0.2) is 14.5 Å². The molecule has 3 nitrogen and oxygen atoms in total. The highest BCUT2D eigenvalue weighted by atomic mass is 15.0. The molecule has 2 heterocycles. The summed E-state index contributed by atoms with van der Waals surface area (Å²) in [6, 6.07) is 20.6. The summed E-state index contributed by atoms with van der Waals surface area (Å²) in [6.45, 7) is 0. The van der Waals surface area contributed by atoms with Crippen molar-refractivity contribution < 1.29 is 0 Å². The van der Waals surface area contributed by atoms with Gasteiger partial charge in [-0.05, 0) is 47.5 Å². The van der Waals surface area contributed by atoms with Crippen molar-refractivity contribution in [1.82, 2.24) is 14.5 Å². The maximum absolute atomic E-state index is 4.53. The number of rotatable bonds is 2. The first-order chi connectivity index (χ1) is 10.4. The summed E-state index contributed by atoms with van der Waals surface area (Å²) in [6.07, 6.45) is 5.49. The van der Waals surface area contributed by atoms with Crippen molar-refractivity contribution in [3.63, 3.8) is 0 Å². The first-order valence-corrected chi connectivity index (χ1v) is 6.85. The zero-order valence-electron chi connectivity index (χ0n) is 11.3. The van der Waals surface area contributed by atoms with Crippen LogP contribution in [0, 0.1) is 0 Å². The van der Waals surface area contributed by atoms with Gasteiger partial charge >= 0.3 is 0 Å². The van der Waals surface area contributed by atoms with Gasteiger partial charge in [0.25, 0.3) is 0 Å². The Kier molecular flexibility index (Phi) is 2.75. The monoisotopic (exact) mass is 271 g/mol. The average molecular weight is 271 g/mol. The van der Waals surface area contributed by atoms with E-state index in [4.69, 9.17) is 0 Å². The van der Waals surface area contributed by atoms with Crippen molar-refractivity contribution in [2.75, 3.05) is 0 Å². The number of fused-ring (bicyclic) bond motifs is 1. The number of imidazole rings is 1. The lowest BCUT2D eigenvalue weighted by molar-refractivity contribution is 1.09. The number of nitrogens with zero attached hydrogens (tertiary/aromatic N) is 3. The summed E-state index contributed by atoms with van der Waals surface area (Å²) in [7, 11) is 0. The molecule has 0 fully saturated rings. The summed E-state index contributed by atoms with van der Waals surface area (Å²) in [5, 5.41) is 0. The molecule has 0 bridgehead atoms. The van der Waals surface area contributed by atoms with Crippen LogP contribution in [0.4, 0.5) is 0 Å². The fourth-order valence-electron chi connectivity index (χ4n) is 2.53.